The van der Waals surface area contributed by atoms with Gasteiger partial charge < -0.3 is 28.4 Å². The summed E-state index contributed by atoms with van der Waals surface area (Å²) in [6, 6.07) is 7.40. The number of rotatable bonds is 22. The topological polar surface area (TPSA) is 116 Å². The van der Waals surface area contributed by atoms with E-state index in [2.05, 4.69) is 4.18 Å². The molecule has 0 aliphatic heterocycles. The van der Waals surface area contributed by atoms with Gasteiger partial charge in [0.15, 0.2) is 5.78 Å². The Hall–Kier alpha value is -1.44. The maximum Gasteiger partial charge on any atom is 0.264 e. The van der Waals surface area contributed by atoms with Crippen LogP contribution in [0.4, 0.5) is 0 Å². The third kappa shape index (κ3) is 18.6. The molecule has 190 valence electrons. The van der Waals surface area contributed by atoms with Crippen molar-refractivity contribution in [2.75, 3.05) is 85.5 Å². The van der Waals surface area contributed by atoms with Gasteiger partial charge in [0.1, 0.15) is 0 Å². The fraction of sp³-hybridized carbons (Fsp3) is 0.682. The lowest BCUT2D eigenvalue weighted by molar-refractivity contribution is -0.0185. The van der Waals surface area contributed by atoms with Gasteiger partial charge in [-0.3, -0.25) is 8.98 Å². The minimum atomic E-state index is -3.42. The van der Waals surface area contributed by atoms with Crippen molar-refractivity contribution in [2.24, 2.45) is 0 Å². The molecule has 0 aliphatic rings. The lowest BCUT2D eigenvalue weighted by Gasteiger charge is -2.08. The van der Waals surface area contributed by atoms with Gasteiger partial charge in [-0.05, 0) is 18.6 Å². The van der Waals surface area contributed by atoms with Gasteiger partial charge in [-0.2, -0.15) is 8.42 Å². The fourth-order valence-electron chi connectivity index (χ4n) is 2.41. The summed E-state index contributed by atoms with van der Waals surface area (Å²) in [5.74, 6) is 0.0396. The van der Waals surface area contributed by atoms with Crippen LogP contribution < -0.4 is 0 Å². The summed E-state index contributed by atoms with van der Waals surface area (Å²) < 4.78 is 58.3. The van der Waals surface area contributed by atoms with Crippen molar-refractivity contribution >= 4 is 15.9 Å². The second-order valence-electron chi connectivity index (χ2n) is 6.90. The van der Waals surface area contributed by atoms with Crippen LogP contribution in [-0.4, -0.2) is 99.7 Å². The third-order valence-electron chi connectivity index (χ3n) is 3.99. The van der Waals surface area contributed by atoms with E-state index in [1.807, 2.05) is 18.2 Å². The molecule has 0 unspecified atom stereocenters. The first-order chi connectivity index (χ1) is 15.9. The average Bonchev–Trinajstić information content (AvgIpc) is 2.77. The Labute approximate surface area is 196 Å². The predicted molar refractivity (Wildman–Crippen MR) is 121 cm³/mol. The first-order valence-electron chi connectivity index (χ1n) is 10.8. The quantitative estimate of drug-likeness (QED) is 0.134. The first kappa shape index (κ1) is 29.6. The van der Waals surface area contributed by atoms with E-state index in [4.69, 9.17) is 28.4 Å². The Morgan fingerprint density at radius 3 is 1.55 bits per heavy atom. The van der Waals surface area contributed by atoms with Crippen LogP contribution >= 0.6 is 0 Å². The van der Waals surface area contributed by atoms with Crippen LogP contribution in [-0.2, 0) is 49.3 Å². The monoisotopic (exact) mass is 492 g/mol. The second kappa shape index (κ2) is 18.9. The van der Waals surface area contributed by atoms with Gasteiger partial charge in [-0.1, -0.05) is 18.2 Å². The number of carbonyl (C=O) groups is 1. The molecule has 1 aromatic rings. The molecule has 0 spiro atoms. The molecule has 0 saturated heterocycles. The Morgan fingerprint density at radius 1 is 0.697 bits per heavy atom. The normalized spacial score (nSPS) is 11.7. The summed E-state index contributed by atoms with van der Waals surface area (Å²) in [4.78, 5) is 11.4. The SMILES string of the molecule is CC(=O)c1cccc(COCCOCCOCCOCCOCCOCCOS(C)(=O)=O)c1. The zero-order valence-electron chi connectivity index (χ0n) is 19.5. The minimum absolute atomic E-state index is 0.00109. The van der Waals surface area contributed by atoms with Crippen molar-refractivity contribution in [3.05, 3.63) is 35.4 Å². The van der Waals surface area contributed by atoms with Crippen LogP contribution in [0.5, 0.6) is 0 Å². The molecule has 11 heteroatoms. The molecule has 0 aliphatic carbocycles. The van der Waals surface area contributed by atoms with E-state index in [1.165, 1.54) is 0 Å². The van der Waals surface area contributed by atoms with E-state index in [1.54, 1.807) is 13.0 Å². The zero-order chi connectivity index (χ0) is 24.2. The van der Waals surface area contributed by atoms with Crippen molar-refractivity contribution in [1.82, 2.24) is 0 Å². The summed E-state index contributed by atoms with van der Waals surface area (Å²) in [7, 11) is -3.42. The first-order valence-corrected chi connectivity index (χ1v) is 12.6. The molecule has 0 saturated carbocycles. The summed E-state index contributed by atoms with van der Waals surface area (Å²) in [5, 5.41) is 0. The van der Waals surface area contributed by atoms with E-state index >= 15 is 0 Å². The highest BCUT2D eigenvalue weighted by Crippen LogP contribution is 2.07. The highest BCUT2D eigenvalue weighted by atomic mass is 32.2. The molecule has 0 N–H and O–H groups in total. The van der Waals surface area contributed by atoms with E-state index in [0.29, 0.717) is 78.2 Å². The van der Waals surface area contributed by atoms with E-state index in [9.17, 15) is 13.2 Å². The lowest BCUT2D eigenvalue weighted by atomic mass is 10.1. The van der Waals surface area contributed by atoms with Crippen molar-refractivity contribution in [3.63, 3.8) is 0 Å². The largest absolute Gasteiger partial charge is 0.377 e. The summed E-state index contributed by atoms with van der Waals surface area (Å²) in [6.45, 7) is 6.62. The fourth-order valence-corrected chi connectivity index (χ4v) is 2.78. The van der Waals surface area contributed by atoms with Crippen LogP contribution in [0.25, 0.3) is 0 Å². The highest BCUT2D eigenvalue weighted by Gasteiger charge is 2.01. The Bertz CT molecular complexity index is 738. The van der Waals surface area contributed by atoms with Crippen molar-refractivity contribution in [2.45, 2.75) is 13.5 Å². The maximum absolute atomic E-state index is 11.4. The van der Waals surface area contributed by atoms with Crippen molar-refractivity contribution < 1.29 is 45.8 Å². The Balaban J connectivity index is 1.77. The molecule has 33 heavy (non-hydrogen) atoms. The number of hydrogen-bond donors (Lipinski definition) is 0. The molecule has 0 radical (unpaired) electrons. The lowest BCUT2D eigenvalue weighted by Crippen LogP contribution is -2.15. The van der Waals surface area contributed by atoms with Crippen LogP contribution in [0.2, 0.25) is 0 Å². The van der Waals surface area contributed by atoms with Gasteiger partial charge in [0.2, 0.25) is 0 Å². The molecule has 0 aromatic heterocycles. The molecule has 0 amide bonds. The van der Waals surface area contributed by atoms with Gasteiger partial charge in [-0.15, -0.1) is 0 Å². The van der Waals surface area contributed by atoms with Gasteiger partial charge in [0.25, 0.3) is 10.1 Å². The van der Waals surface area contributed by atoms with Crippen LogP contribution in [0.3, 0.4) is 0 Å². The number of Topliss-reactive ketones (excluding diaryl/α,β-unsaturated/α-hetero) is 1. The molecule has 10 nitrogen and oxygen atoms in total. The molecular weight excluding hydrogens is 456 g/mol. The predicted octanol–water partition coefficient (Wildman–Crippen LogP) is 1.47. The van der Waals surface area contributed by atoms with Gasteiger partial charge in [0.05, 0.1) is 92.1 Å². The molecule has 1 rings (SSSR count). The highest BCUT2D eigenvalue weighted by molar-refractivity contribution is 7.85. The van der Waals surface area contributed by atoms with Crippen molar-refractivity contribution in [1.29, 1.82) is 0 Å². The van der Waals surface area contributed by atoms with Crippen LogP contribution in [0, 0.1) is 0 Å². The van der Waals surface area contributed by atoms with E-state index < -0.39 is 10.1 Å². The number of carbonyl (C=O) groups excluding carboxylic acids is 1. The summed E-state index contributed by atoms with van der Waals surface area (Å²) in [6.07, 6.45) is 0.994. The van der Waals surface area contributed by atoms with Crippen LogP contribution in [0.15, 0.2) is 24.3 Å². The third-order valence-corrected chi connectivity index (χ3v) is 4.58. The summed E-state index contributed by atoms with van der Waals surface area (Å²) >= 11 is 0. The zero-order valence-corrected chi connectivity index (χ0v) is 20.3. The number of ether oxygens (including phenoxy) is 6. The number of hydrogen-bond acceptors (Lipinski definition) is 10. The van der Waals surface area contributed by atoms with E-state index in [-0.39, 0.29) is 19.0 Å². The average molecular weight is 493 g/mol. The Kier molecular flexibility index (Phi) is 17.0. The van der Waals surface area contributed by atoms with Crippen LogP contribution in [0.1, 0.15) is 22.8 Å². The smallest absolute Gasteiger partial charge is 0.264 e. The number of benzene rings is 1. The molecular formula is C22H36O10S. The molecule has 0 fully saturated rings. The van der Waals surface area contributed by atoms with Gasteiger partial charge in [-0.25, -0.2) is 0 Å². The molecule has 0 bridgehead atoms. The van der Waals surface area contributed by atoms with Gasteiger partial charge in [0, 0.05) is 5.56 Å². The standard InChI is InChI=1S/C22H36O10S/c1-20(23)22-5-3-4-21(18-22)19-31-15-14-29-11-10-27-7-6-26-8-9-28-12-13-30-16-17-32-33(2,24)25/h3-5,18H,6-17,19H2,1-2H3. The minimum Gasteiger partial charge on any atom is -0.377 e. The number of ketones is 1. The Morgan fingerprint density at radius 2 is 1.12 bits per heavy atom. The van der Waals surface area contributed by atoms with Crippen molar-refractivity contribution in [3.8, 4) is 0 Å². The molecule has 0 heterocycles. The summed E-state index contributed by atoms with van der Waals surface area (Å²) in [5.41, 5.74) is 1.64. The maximum atomic E-state index is 11.4. The van der Waals surface area contributed by atoms with Gasteiger partial charge >= 0.3 is 0 Å². The molecule has 1 aromatic carbocycles. The van der Waals surface area contributed by atoms with E-state index in [0.717, 1.165) is 11.8 Å². The second-order valence-corrected chi connectivity index (χ2v) is 8.54. The molecule has 0 atom stereocenters.